The monoisotopic (exact) mass is 339 g/mol. The maximum Gasteiger partial charge on any atom is 0.272 e. The number of ether oxygens (including phenoxy) is 1. The molecule has 2 rings (SSSR count). The molecular weight excluding hydrogens is 329 g/mol. The summed E-state index contributed by atoms with van der Waals surface area (Å²) in [5, 5.41) is 10.7. The standard InChI is InChI=1S/C14H11BrFNO3/c1-9-4-11(15)2-3-14(9)20-8-10-5-12(16)7-13(6-10)17(18)19/h2-7H,8H2,1H3. The zero-order valence-corrected chi connectivity index (χ0v) is 12.2. The number of rotatable bonds is 4. The van der Waals surface area contributed by atoms with Crippen LogP contribution in [0.1, 0.15) is 11.1 Å². The van der Waals surface area contributed by atoms with E-state index < -0.39 is 10.7 Å². The minimum absolute atomic E-state index is 0.0705. The number of aryl methyl sites for hydroxylation is 1. The molecule has 104 valence electrons. The molecule has 2 aromatic carbocycles. The summed E-state index contributed by atoms with van der Waals surface area (Å²) in [7, 11) is 0. The van der Waals surface area contributed by atoms with Crippen molar-refractivity contribution in [1.82, 2.24) is 0 Å². The first kappa shape index (κ1) is 14.5. The fourth-order valence-electron chi connectivity index (χ4n) is 1.76. The molecule has 0 heterocycles. The van der Waals surface area contributed by atoms with Crippen molar-refractivity contribution in [2.24, 2.45) is 0 Å². The van der Waals surface area contributed by atoms with Crippen molar-refractivity contribution in [2.75, 3.05) is 0 Å². The highest BCUT2D eigenvalue weighted by atomic mass is 79.9. The fourth-order valence-corrected chi connectivity index (χ4v) is 2.23. The van der Waals surface area contributed by atoms with Gasteiger partial charge in [-0.05, 0) is 42.3 Å². The zero-order chi connectivity index (χ0) is 14.7. The van der Waals surface area contributed by atoms with Crippen molar-refractivity contribution in [3.8, 4) is 5.75 Å². The molecule has 0 N–H and O–H groups in total. The van der Waals surface area contributed by atoms with Gasteiger partial charge in [0.15, 0.2) is 0 Å². The molecule has 0 saturated carbocycles. The van der Waals surface area contributed by atoms with Crippen LogP contribution in [-0.4, -0.2) is 4.92 Å². The number of hydrogen-bond donors (Lipinski definition) is 0. The maximum atomic E-state index is 13.3. The number of non-ortho nitro benzene ring substituents is 1. The van der Waals surface area contributed by atoms with Crippen LogP contribution in [0.25, 0.3) is 0 Å². The molecule has 0 atom stereocenters. The molecule has 0 amide bonds. The quantitative estimate of drug-likeness (QED) is 0.613. The summed E-state index contributed by atoms with van der Waals surface area (Å²) in [5.41, 5.74) is 1.06. The molecule has 0 fully saturated rings. The van der Waals surface area contributed by atoms with Crippen molar-refractivity contribution in [1.29, 1.82) is 0 Å². The van der Waals surface area contributed by atoms with E-state index in [2.05, 4.69) is 15.9 Å². The van der Waals surface area contributed by atoms with Crippen LogP contribution in [0.3, 0.4) is 0 Å². The van der Waals surface area contributed by atoms with Crippen LogP contribution < -0.4 is 4.74 Å². The van der Waals surface area contributed by atoms with Crippen molar-refractivity contribution in [2.45, 2.75) is 13.5 Å². The molecule has 0 bridgehead atoms. The molecule has 0 aliphatic rings. The molecule has 0 aliphatic heterocycles. The van der Waals surface area contributed by atoms with Gasteiger partial charge in [-0.15, -0.1) is 0 Å². The molecule has 0 radical (unpaired) electrons. The molecule has 20 heavy (non-hydrogen) atoms. The normalized spacial score (nSPS) is 10.3. The highest BCUT2D eigenvalue weighted by Gasteiger charge is 2.10. The Bertz CT molecular complexity index is 661. The summed E-state index contributed by atoms with van der Waals surface area (Å²) in [6.07, 6.45) is 0. The lowest BCUT2D eigenvalue weighted by Crippen LogP contribution is -1.99. The Morgan fingerprint density at radius 3 is 2.70 bits per heavy atom. The summed E-state index contributed by atoms with van der Waals surface area (Å²) in [5.74, 6) is 0.00504. The molecule has 2 aromatic rings. The predicted molar refractivity (Wildman–Crippen MR) is 76.3 cm³/mol. The van der Waals surface area contributed by atoms with Gasteiger partial charge >= 0.3 is 0 Å². The van der Waals surface area contributed by atoms with Crippen LogP contribution in [0.15, 0.2) is 40.9 Å². The van der Waals surface area contributed by atoms with E-state index >= 15 is 0 Å². The molecule has 0 aliphatic carbocycles. The third-order valence-electron chi connectivity index (χ3n) is 2.68. The number of nitrogens with zero attached hydrogens (tertiary/aromatic N) is 1. The van der Waals surface area contributed by atoms with E-state index in [-0.39, 0.29) is 12.3 Å². The molecular formula is C14H11BrFNO3. The second-order valence-electron chi connectivity index (χ2n) is 4.27. The van der Waals surface area contributed by atoms with Gasteiger partial charge in [-0.25, -0.2) is 4.39 Å². The van der Waals surface area contributed by atoms with Crippen LogP contribution in [-0.2, 0) is 6.61 Å². The van der Waals surface area contributed by atoms with Gasteiger partial charge in [-0.2, -0.15) is 0 Å². The second kappa shape index (κ2) is 6.00. The Hall–Kier alpha value is -1.95. The molecule has 0 saturated heterocycles. The molecule has 0 aromatic heterocycles. The van der Waals surface area contributed by atoms with E-state index in [1.807, 2.05) is 19.1 Å². The Kier molecular flexibility index (Phi) is 4.34. The van der Waals surface area contributed by atoms with Crippen LogP contribution in [0.5, 0.6) is 5.75 Å². The zero-order valence-electron chi connectivity index (χ0n) is 10.6. The summed E-state index contributed by atoms with van der Waals surface area (Å²) in [4.78, 5) is 10.0. The first-order valence-electron chi connectivity index (χ1n) is 5.78. The number of nitro groups is 1. The van der Waals surface area contributed by atoms with Gasteiger partial charge in [0.05, 0.1) is 11.0 Å². The van der Waals surface area contributed by atoms with Crippen molar-refractivity contribution >= 4 is 21.6 Å². The van der Waals surface area contributed by atoms with E-state index in [0.717, 1.165) is 16.1 Å². The maximum absolute atomic E-state index is 13.3. The van der Waals surface area contributed by atoms with Gasteiger partial charge in [0.2, 0.25) is 0 Å². The fraction of sp³-hybridized carbons (Fsp3) is 0.143. The van der Waals surface area contributed by atoms with E-state index in [1.165, 1.54) is 12.1 Å². The summed E-state index contributed by atoms with van der Waals surface area (Å²) >= 11 is 3.35. The van der Waals surface area contributed by atoms with Gasteiger partial charge in [-0.3, -0.25) is 10.1 Å². The Morgan fingerprint density at radius 2 is 2.05 bits per heavy atom. The number of hydrogen-bond acceptors (Lipinski definition) is 3. The Balaban J connectivity index is 2.16. The Morgan fingerprint density at radius 1 is 1.30 bits per heavy atom. The highest BCUT2D eigenvalue weighted by molar-refractivity contribution is 9.10. The smallest absolute Gasteiger partial charge is 0.272 e. The average Bonchev–Trinajstić information content (AvgIpc) is 2.37. The van der Waals surface area contributed by atoms with Crippen LogP contribution in [0.2, 0.25) is 0 Å². The molecule has 0 unspecified atom stereocenters. The summed E-state index contributed by atoms with van der Waals surface area (Å²) < 4.78 is 19.8. The minimum atomic E-state index is -0.648. The molecule has 4 nitrogen and oxygen atoms in total. The topological polar surface area (TPSA) is 52.4 Å². The third-order valence-corrected chi connectivity index (χ3v) is 3.18. The van der Waals surface area contributed by atoms with E-state index in [4.69, 9.17) is 4.74 Å². The van der Waals surface area contributed by atoms with Gasteiger partial charge in [0, 0.05) is 10.5 Å². The van der Waals surface area contributed by atoms with Crippen LogP contribution in [0, 0.1) is 22.9 Å². The van der Waals surface area contributed by atoms with Crippen molar-refractivity contribution in [3.05, 3.63) is 67.9 Å². The predicted octanol–water partition coefficient (Wildman–Crippen LogP) is 4.38. The van der Waals surface area contributed by atoms with Crippen molar-refractivity contribution < 1.29 is 14.1 Å². The van der Waals surface area contributed by atoms with E-state index in [1.54, 1.807) is 6.07 Å². The number of nitro benzene ring substituents is 1. The second-order valence-corrected chi connectivity index (χ2v) is 5.19. The lowest BCUT2D eigenvalue weighted by Gasteiger charge is -2.09. The Labute approximate surface area is 123 Å². The van der Waals surface area contributed by atoms with E-state index in [9.17, 15) is 14.5 Å². The molecule has 0 spiro atoms. The van der Waals surface area contributed by atoms with Gasteiger partial charge < -0.3 is 4.74 Å². The third kappa shape index (κ3) is 3.54. The summed E-state index contributed by atoms with van der Waals surface area (Å²) in [6.45, 7) is 1.95. The lowest BCUT2D eigenvalue weighted by atomic mass is 10.2. The minimum Gasteiger partial charge on any atom is -0.489 e. The first-order valence-corrected chi connectivity index (χ1v) is 6.58. The number of benzene rings is 2. The average molecular weight is 340 g/mol. The lowest BCUT2D eigenvalue weighted by molar-refractivity contribution is -0.385. The van der Waals surface area contributed by atoms with Crippen LogP contribution in [0.4, 0.5) is 10.1 Å². The molecule has 6 heteroatoms. The van der Waals surface area contributed by atoms with E-state index in [0.29, 0.717) is 11.3 Å². The highest BCUT2D eigenvalue weighted by Crippen LogP contribution is 2.24. The van der Waals surface area contributed by atoms with Gasteiger partial charge in [0.25, 0.3) is 5.69 Å². The van der Waals surface area contributed by atoms with Gasteiger partial charge in [-0.1, -0.05) is 15.9 Å². The van der Waals surface area contributed by atoms with Crippen LogP contribution >= 0.6 is 15.9 Å². The van der Waals surface area contributed by atoms with Crippen molar-refractivity contribution in [3.63, 3.8) is 0 Å². The first-order chi connectivity index (χ1) is 9.45. The van der Waals surface area contributed by atoms with Gasteiger partial charge in [0.1, 0.15) is 18.2 Å². The SMILES string of the molecule is Cc1cc(Br)ccc1OCc1cc(F)cc([N+](=O)[O-])c1. The largest absolute Gasteiger partial charge is 0.489 e. The number of halogens is 2. The summed E-state index contributed by atoms with van der Waals surface area (Å²) in [6, 6.07) is 8.92.